The quantitative estimate of drug-likeness (QED) is 0.468. The average Bonchev–Trinajstić information content (AvgIpc) is 2.27. The summed E-state index contributed by atoms with van der Waals surface area (Å²) in [5.74, 6) is 5.01. The minimum Gasteiger partial charge on any atom is -0.496 e. The van der Waals surface area contributed by atoms with Crippen molar-refractivity contribution in [2.75, 3.05) is 7.11 Å². The van der Waals surface area contributed by atoms with Crippen molar-refractivity contribution in [2.24, 2.45) is 5.84 Å². The van der Waals surface area contributed by atoms with Gasteiger partial charge < -0.3 is 4.74 Å². The van der Waals surface area contributed by atoms with Gasteiger partial charge in [0.15, 0.2) is 0 Å². The van der Waals surface area contributed by atoms with Gasteiger partial charge in [-0.2, -0.15) is 0 Å². The Hall–Kier alpha value is -1.26. The lowest BCUT2D eigenvalue weighted by Gasteiger charge is -2.14. The molecule has 0 saturated carbocycles. The Bertz CT molecular complexity index is 368. The maximum Gasteiger partial charge on any atom is 0.241 e. The number of nitrogens with two attached hydrogens (primary N) is 1. The minimum absolute atomic E-state index is 0.282. The molecule has 0 aliphatic rings. The van der Waals surface area contributed by atoms with Crippen LogP contribution in [0.5, 0.6) is 5.75 Å². The zero-order chi connectivity index (χ0) is 11.4. The molecule has 0 spiro atoms. The number of methoxy groups -OCH3 is 1. The molecule has 0 aliphatic carbocycles. The molecule has 0 aromatic heterocycles. The van der Waals surface area contributed by atoms with E-state index in [0.717, 1.165) is 0 Å². The average molecular weight is 229 g/mol. The Labute approximate surface area is 93.3 Å². The number of hydrazine groups is 1. The summed E-state index contributed by atoms with van der Waals surface area (Å²) < 4.78 is 5.14. The SMILES string of the molecule is COc1ccc(Cl)cc1C(C)C(=O)NN. The van der Waals surface area contributed by atoms with Crippen LogP contribution in [0.2, 0.25) is 5.02 Å². The standard InChI is InChI=1S/C10H13ClN2O2/c1-6(10(14)13-12)8-5-7(11)3-4-9(8)15-2/h3-6H,12H2,1-2H3,(H,13,14). The molecule has 82 valence electrons. The van der Waals surface area contributed by atoms with E-state index in [2.05, 4.69) is 5.43 Å². The van der Waals surface area contributed by atoms with E-state index >= 15 is 0 Å². The lowest BCUT2D eigenvalue weighted by Crippen LogP contribution is -2.33. The van der Waals surface area contributed by atoms with Gasteiger partial charge in [-0.15, -0.1) is 0 Å². The molecule has 1 aromatic carbocycles. The smallest absolute Gasteiger partial charge is 0.241 e. The van der Waals surface area contributed by atoms with Crippen LogP contribution >= 0.6 is 11.6 Å². The highest BCUT2D eigenvalue weighted by Gasteiger charge is 2.18. The number of carbonyl (C=O) groups is 1. The predicted molar refractivity (Wildman–Crippen MR) is 58.7 cm³/mol. The van der Waals surface area contributed by atoms with E-state index in [-0.39, 0.29) is 5.91 Å². The molecule has 1 amide bonds. The summed E-state index contributed by atoms with van der Waals surface area (Å²) in [6.45, 7) is 1.73. The largest absolute Gasteiger partial charge is 0.496 e. The van der Waals surface area contributed by atoms with Gasteiger partial charge in [-0.3, -0.25) is 10.2 Å². The third-order valence-corrected chi connectivity index (χ3v) is 2.43. The first-order valence-corrected chi connectivity index (χ1v) is 4.81. The fraction of sp³-hybridized carbons (Fsp3) is 0.300. The molecule has 1 aromatic rings. The molecule has 5 heteroatoms. The van der Waals surface area contributed by atoms with Crippen LogP contribution in [0.4, 0.5) is 0 Å². The van der Waals surface area contributed by atoms with E-state index in [4.69, 9.17) is 22.2 Å². The van der Waals surface area contributed by atoms with E-state index in [1.165, 1.54) is 0 Å². The van der Waals surface area contributed by atoms with E-state index in [1.807, 2.05) is 0 Å². The Balaban J connectivity index is 3.10. The third-order valence-electron chi connectivity index (χ3n) is 2.19. The summed E-state index contributed by atoms with van der Waals surface area (Å²) in [4.78, 5) is 11.4. The number of halogens is 1. The van der Waals surface area contributed by atoms with Crippen molar-refractivity contribution < 1.29 is 9.53 Å². The number of nitrogens with one attached hydrogen (secondary N) is 1. The van der Waals surface area contributed by atoms with E-state index in [9.17, 15) is 4.79 Å². The Morgan fingerprint density at radius 1 is 1.60 bits per heavy atom. The first-order valence-electron chi connectivity index (χ1n) is 4.44. The number of amides is 1. The monoisotopic (exact) mass is 228 g/mol. The van der Waals surface area contributed by atoms with E-state index < -0.39 is 5.92 Å². The van der Waals surface area contributed by atoms with E-state index in [1.54, 1.807) is 32.2 Å². The molecular formula is C10H13ClN2O2. The molecule has 0 heterocycles. The van der Waals surface area contributed by atoms with Crippen molar-refractivity contribution in [3.8, 4) is 5.75 Å². The summed E-state index contributed by atoms with van der Waals surface area (Å²) in [6, 6.07) is 5.12. The number of benzene rings is 1. The van der Waals surface area contributed by atoms with Gasteiger partial charge in [0.1, 0.15) is 5.75 Å². The van der Waals surface area contributed by atoms with Crippen molar-refractivity contribution in [1.82, 2.24) is 5.43 Å². The number of hydrogen-bond donors (Lipinski definition) is 2. The second-order valence-corrected chi connectivity index (χ2v) is 3.55. The Morgan fingerprint density at radius 3 is 2.80 bits per heavy atom. The molecular weight excluding hydrogens is 216 g/mol. The van der Waals surface area contributed by atoms with Gasteiger partial charge in [0, 0.05) is 10.6 Å². The van der Waals surface area contributed by atoms with Gasteiger partial charge in [0.05, 0.1) is 13.0 Å². The van der Waals surface area contributed by atoms with Crippen LogP contribution in [-0.2, 0) is 4.79 Å². The van der Waals surface area contributed by atoms with Crippen molar-refractivity contribution >= 4 is 17.5 Å². The van der Waals surface area contributed by atoms with Crippen LogP contribution < -0.4 is 16.0 Å². The molecule has 3 N–H and O–H groups in total. The molecule has 4 nitrogen and oxygen atoms in total. The van der Waals surface area contributed by atoms with Crippen LogP contribution in [0.15, 0.2) is 18.2 Å². The normalized spacial score (nSPS) is 12.0. The van der Waals surface area contributed by atoms with Crippen molar-refractivity contribution in [3.05, 3.63) is 28.8 Å². The van der Waals surface area contributed by atoms with Crippen molar-refractivity contribution in [2.45, 2.75) is 12.8 Å². The molecule has 1 rings (SSSR count). The topological polar surface area (TPSA) is 64.3 Å². The number of ether oxygens (including phenoxy) is 1. The van der Waals surface area contributed by atoms with Crippen LogP contribution in [0.1, 0.15) is 18.4 Å². The number of carbonyl (C=O) groups excluding carboxylic acids is 1. The van der Waals surface area contributed by atoms with Crippen LogP contribution in [0.3, 0.4) is 0 Å². The molecule has 15 heavy (non-hydrogen) atoms. The van der Waals surface area contributed by atoms with Gasteiger partial charge in [0.2, 0.25) is 5.91 Å². The molecule has 0 saturated heterocycles. The molecule has 0 fully saturated rings. The van der Waals surface area contributed by atoms with Gasteiger partial charge in [-0.05, 0) is 25.1 Å². The highest BCUT2D eigenvalue weighted by molar-refractivity contribution is 6.30. The minimum atomic E-state index is -0.399. The second-order valence-electron chi connectivity index (χ2n) is 3.12. The first-order chi connectivity index (χ1) is 7.10. The Kier molecular flexibility index (Phi) is 3.94. The molecule has 0 aliphatic heterocycles. The third kappa shape index (κ3) is 2.61. The molecule has 1 unspecified atom stereocenters. The summed E-state index contributed by atoms with van der Waals surface area (Å²) in [6.07, 6.45) is 0. The van der Waals surface area contributed by atoms with Crippen molar-refractivity contribution in [1.29, 1.82) is 0 Å². The van der Waals surface area contributed by atoms with Crippen LogP contribution in [0, 0.1) is 0 Å². The zero-order valence-corrected chi connectivity index (χ0v) is 9.34. The Morgan fingerprint density at radius 2 is 2.27 bits per heavy atom. The molecule has 0 bridgehead atoms. The highest BCUT2D eigenvalue weighted by Crippen LogP contribution is 2.29. The lowest BCUT2D eigenvalue weighted by molar-refractivity contribution is -0.122. The zero-order valence-electron chi connectivity index (χ0n) is 8.58. The van der Waals surface area contributed by atoms with Crippen LogP contribution in [0.25, 0.3) is 0 Å². The summed E-state index contributed by atoms with van der Waals surface area (Å²) in [7, 11) is 1.54. The maximum absolute atomic E-state index is 11.4. The van der Waals surface area contributed by atoms with Crippen LogP contribution in [-0.4, -0.2) is 13.0 Å². The summed E-state index contributed by atoms with van der Waals surface area (Å²) in [5.41, 5.74) is 2.81. The van der Waals surface area contributed by atoms with E-state index in [0.29, 0.717) is 16.3 Å². The fourth-order valence-corrected chi connectivity index (χ4v) is 1.49. The van der Waals surface area contributed by atoms with Gasteiger partial charge in [-0.25, -0.2) is 5.84 Å². The molecule has 0 radical (unpaired) electrons. The highest BCUT2D eigenvalue weighted by atomic mass is 35.5. The molecule has 1 atom stereocenters. The lowest BCUT2D eigenvalue weighted by atomic mass is 9.99. The number of rotatable bonds is 3. The van der Waals surface area contributed by atoms with Gasteiger partial charge in [-0.1, -0.05) is 11.6 Å². The summed E-state index contributed by atoms with van der Waals surface area (Å²) in [5, 5.41) is 0.558. The van der Waals surface area contributed by atoms with Crippen molar-refractivity contribution in [3.63, 3.8) is 0 Å². The number of hydrogen-bond acceptors (Lipinski definition) is 3. The fourth-order valence-electron chi connectivity index (χ4n) is 1.31. The van der Waals surface area contributed by atoms with Gasteiger partial charge in [0.25, 0.3) is 0 Å². The predicted octanol–water partition coefficient (Wildman–Crippen LogP) is 1.44. The second kappa shape index (κ2) is 5.00. The first kappa shape index (κ1) is 11.8. The van der Waals surface area contributed by atoms with Gasteiger partial charge >= 0.3 is 0 Å². The summed E-state index contributed by atoms with van der Waals surface area (Å²) >= 11 is 5.85. The maximum atomic E-state index is 11.4.